The number of ketones is 1. The van der Waals surface area contributed by atoms with Crippen molar-refractivity contribution < 1.29 is 9.53 Å². The van der Waals surface area contributed by atoms with Gasteiger partial charge in [0, 0.05) is 18.4 Å². The molecule has 0 aromatic heterocycles. The summed E-state index contributed by atoms with van der Waals surface area (Å²) in [7, 11) is 0. The molecule has 1 rings (SSSR count). The second kappa shape index (κ2) is 4.46. The van der Waals surface area contributed by atoms with Crippen LogP contribution in [-0.4, -0.2) is 23.0 Å². The zero-order valence-corrected chi connectivity index (χ0v) is 11.2. The Kier molecular flexibility index (Phi) is 3.80. The summed E-state index contributed by atoms with van der Waals surface area (Å²) >= 11 is 0. The van der Waals surface area contributed by atoms with E-state index in [0.717, 1.165) is 12.8 Å². The van der Waals surface area contributed by atoms with E-state index in [1.807, 2.05) is 34.6 Å². The zero-order chi connectivity index (χ0) is 12.6. The number of hydrogen-bond acceptors (Lipinski definition) is 3. The van der Waals surface area contributed by atoms with Crippen molar-refractivity contribution in [2.24, 2.45) is 11.7 Å². The van der Waals surface area contributed by atoms with E-state index >= 15 is 0 Å². The molecular weight excluding hydrogens is 202 g/mol. The van der Waals surface area contributed by atoms with Crippen molar-refractivity contribution in [3.05, 3.63) is 0 Å². The van der Waals surface area contributed by atoms with E-state index in [-0.39, 0.29) is 23.2 Å². The topological polar surface area (TPSA) is 52.3 Å². The molecule has 94 valence electrons. The Balaban J connectivity index is 2.63. The molecule has 0 aliphatic carbocycles. The molecule has 0 saturated carbocycles. The van der Waals surface area contributed by atoms with Gasteiger partial charge in [0.25, 0.3) is 0 Å². The van der Waals surface area contributed by atoms with Gasteiger partial charge in [-0.1, -0.05) is 0 Å². The summed E-state index contributed by atoms with van der Waals surface area (Å²) in [6.45, 7) is 10.1. The SMILES string of the molecule is CC(N)CCC(=O)C1CC(C)(C)OC1(C)C. The lowest BCUT2D eigenvalue weighted by Gasteiger charge is -2.26. The van der Waals surface area contributed by atoms with Gasteiger partial charge in [-0.2, -0.15) is 0 Å². The van der Waals surface area contributed by atoms with E-state index in [1.165, 1.54) is 0 Å². The Morgan fingerprint density at radius 1 is 1.44 bits per heavy atom. The molecule has 0 bridgehead atoms. The van der Waals surface area contributed by atoms with E-state index in [4.69, 9.17) is 10.5 Å². The fourth-order valence-electron chi connectivity index (χ4n) is 2.61. The van der Waals surface area contributed by atoms with E-state index < -0.39 is 0 Å². The van der Waals surface area contributed by atoms with Crippen molar-refractivity contribution in [1.29, 1.82) is 0 Å². The maximum Gasteiger partial charge on any atom is 0.139 e. The standard InChI is InChI=1S/C13H25NO2/c1-9(14)6-7-11(15)10-8-12(2,3)16-13(10,4)5/h9-10H,6-8,14H2,1-5H3. The molecule has 1 aliphatic heterocycles. The molecule has 2 atom stereocenters. The minimum absolute atomic E-state index is 0.0150. The molecule has 0 amide bonds. The second-order valence-corrected chi connectivity index (χ2v) is 6.20. The van der Waals surface area contributed by atoms with Crippen LogP contribution in [0, 0.1) is 5.92 Å². The van der Waals surface area contributed by atoms with E-state index in [2.05, 4.69) is 0 Å². The highest BCUT2D eigenvalue weighted by Crippen LogP contribution is 2.42. The normalized spacial score (nSPS) is 29.0. The van der Waals surface area contributed by atoms with Crippen molar-refractivity contribution >= 4 is 5.78 Å². The molecule has 0 spiro atoms. The van der Waals surface area contributed by atoms with Gasteiger partial charge in [0.2, 0.25) is 0 Å². The molecule has 2 unspecified atom stereocenters. The number of nitrogens with two attached hydrogens (primary N) is 1. The molecule has 0 radical (unpaired) electrons. The lowest BCUT2D eigenvalue weighted by Crippen LogP contribution is -2.34. The van der Waals surface area contributed by atoms with E-state index in [9.17, 15) is 4.79 Å². The summed E-state index contributed by atoms with van der Waals surface area (Å²) in [6.07, 6.45) is 2.16. The molecule has 2 N–H and O–H groups in total. The maximum absolute atomic E-state index is 12.1. The Morgan fingerprint density at radius 3 is 2.38 bits per heavy atom. The maximum atomic E-state index is 12.1. The lowest BCUT2D eigenvalue weighted by molar-refractivity contribution is -0.129. The summed E-state index contributed by atoms with van der Waals surface area (Å²) < 4.78 is 5.92. The molecule has 16 heavy (non-hydrogen) atoms. The number of hydrogen-bond donors (Lipinski definition) is 1. The predicted molar refractivity (Wildman–Crippen MR) is 65.2 cm³/mol. The number of rotatable bonds is 4. The first kappa shape index (κ1) is 13.7. The van der Waals surface area contributed by atoms with Crippen LogP contribution in [-0.2, 0) is 9.53 Å². The molecule has 1 aliphatic rings. The van der Waals surface area contributed by atoms with Gasteiger partial charge in [-0.3, -0.25) is 4.79 Å². The minimum Gasteiger partial charge on any atom is -0.369 e. The summed E-state index contributed by atoms with van der Waals surface area (Å²) in [5.74, 6) is 0.314. The van der Waals surface area contributed by atoms with Crippen LogP contribution in [0.3, 0.4) is 0 Å². The van der Waals surface area contributed by atoms with Crippen LogP contribution in [0.25, 0.3) is 0 Å². The average molecular weight is 227 g/mol. The lowest BCUT2D eigenvalue weighted by atomic mass is 9.82. The summed E-state index contributed by atoms with van der Waals surface area (Å²) in [5.41, 5.74) is 5.16. The predicted octanol–water partition coefficient (Wildman–Crippen LogP) is 2.28. The first-order valence-corrected chi connectivity index (χ1v) is 6.12. The molecule has 0 aromatic rings. The molecule has 3 nitrogen and oxygen atoms in total. The van der Waals surface area contributed by atoms with Gasteiger partial charge in [-0.25, -0.2) is 0 Å². The average Bonchev–Trinajstić information content (AvgIpc) is 2.30. The van der Waals surface area contributed by atoms with Crippen LogP contribution >= 0.6 is 0 Å². The van der Waals surface area contributed by atoms with Gasteiger partial charge < -0.3 is 10.5 Å². The Bertz CT molecular complexity index is 269. The monoisotopic (exact) mass is 227 g/mol. The molecule has 1 fully saturated rings. The van der Waals surface area contributed by atoms with Crippen molar-refractivity contribution in [3.63, 3.8) is 0 Å². The number of ether oxygens (including phenoxy) is 1. The highest BCUT2D eigenvalue weighted by molar-refractivity contribution is 5.82. The van der Waals surface area contributed by atoms with Crippen LogP contribution in [0.5, 0.6) is 0 Å². The Morgan fingerprint density at radius 2 is 2.00 bits per heavy atom. The zero-order valence-electron chi connectivity index (χ0n) is 11.2. The largest absolute Gasteiger partial charge is 0.369 e. The van der Waals surface area contributed by atoms with Crippen LogP contribution in [0.1, 0.15) is 53.9 Å². The van der Waals surface area contributed by atoms with Crippen LogP contribution in [0.2, 0.25) is 0 Å². The summed E-state index contributed by atoms with van der Waals surface area (Å²) in [5, 5.41) is 0. The Labute approximate surface area is 98.7 Å². The van der Waals surface area contributed by atoms with Crippen molar-refractivity contribution in [1.82, 2.24) is 0 Å². The van der Waals surface area contributed by atoms with Crippen molar-refractivity contribution in [3.8, 4) is 0 Å². The first-order chi connectivity index (χ1) is 7.14. The van der Waals surface area contributed by atoms with Gasteiger partial charge in [0.15, 0.2) is 0 Å². The van der Waals surface area contributed by atoms with Crippen molar-refractivity contribution in [2.45, 2.75) is 71.1 Å². The molecule has 1 heterocycles. The minimum atomic E-state index is -0.335. The smallest absolute Gasteiger partial charge is 0.139 e. The fourth-order valence-corrected chi connectivity index (χ4v) is 2.61. The molecule has 3 heteroatoms. The highest BCUT2D eigenvalue weighted by Gasteiger charge is 2.48. The summed E-state index contributed by atoms with van der Waals surface area (Å²) in [6, 6.07) is 0.0994. The van der Waals surface area contributed by atoms with E-state index in [1.54, 1.807) is 0 Å². The molecule has 0 aromatic carbocycles. The third-order valence-corrected chi connectivity index (χ3v) is 3.31. The first-order valence-electron chi connectivity index (χ1n) is 6.12. The third kappa shape index (κ3) is 3.29. The third-order valence-electron chi connectivity index (χ3n) is 3.31. The quantitative estimate of drug-likeness (QED) is 0.801. The van der Waals surface area contributed by atoms with Gasteiger partial charge in [0.1, 0.15) is 5.78 Å². The van der Waals surface area contributed by atoms with Gasteiger partial charge >= 0.3 is 0 Å². The number of carbonyl (C=O) groups excluding carboxylic acids is 1. The van der Waals surface area contributed by atoms with Crippen molar-refractivity contribution in [2.75, 3.05) is 0 Å². The van der Waals surface area contributed by atoms with Crippen LogP contribution in [0.4, 0.5) is 0 Å². The highest BCUT2D eigenvalue weighted by atomic mass is 16.5. The fraction of sp³-hybridized carbons (Fsp3) is 0.923. The van der Waals surface area contributed by atoms with Crippen LogP contribution in [0.15, 0.2) is 0 Å². The van der Waals surface area contributed by atoms with E-state index in [0.29, 0.717) is 12.2 Å². The van der Waals surface area contributed by atoms with Crippen LogP contribution < -0.4 is 5.73 Å². The molecule has 1 saturated heterocycles. The second-order valence-electron chi connectivity index (χ2n) is 6.20. The number of carbonyl (C=O) groups is 1. The summed E-state index contributed by atoms with van der Waals surface area (Å²) in [4.78, 5) is 12.1. The van der Waals surface area contributed by atoms with Gasteiger partial charge in [-0.15, -0.1) is 0 Å². The van der Waals surface area contributed by atoms with Gasteiger partial charge in [-0.05, 0) is 47.5 Å². The molecular formula is C13H25NO2. The van der Waals surface area contributed by atoms with Gasteiger partial charge in [0.05, 0.1) is 11.2 Å². The Hall–Kier alpha value is -0.410. The number of Topliss-reactive ketones (excluding diaryl/α,β-unsaturated/α-hetero) is 1.